The fraction of sp³-hybridized carbons (Fsp3) is 0.320. The lowest BCUT2D eigenvalue weighted by Gasteiger charge is -2.44. The van der Waals surface area contributed by atoms with Crippen molar-refractivity contribution >= 4 is 73.1 Å². The molecule has 2 aromatic rings. The Bertz CT molecular complexity index is 1320. The summed E-state index contributed by atoms with van der Waals surface area (Å²) in [5.74, 6) is -2.54. The lowest BCUT2D eigenvalue weighted by Crippen LogP contribution is -2.71. The predicted octanol–water partition coefficient (Wildman–Crippen LogP) is 2.41. The maximum atomic E-state index is 13.3. The summed E-state index contributed by atoms with van der Waals surface area (Å²) in [6.45, 7) is 3.19. The molecule has 0 bridgehead atoms. The highest BCUT2D eigenvalue weighted by atomic mass is 79.9. The van der Waals surface area contributed by atoms with E-state index in [1.54, 1.807) is 62.4 Å². The van der Waals surface area contributed by atoms with Gasteiger partial charge in [-0.1, -0.05) is 36.4 Å². The third kappa shape index (κ3) is 5.59. The van der Waals surface area contributed by atoms with Crippen molar-refractivity contribution in [3.63, 3.8) is 0 Å². The first kappa shape index (κ1) is 28.1. The van der Waals surface area contributed by atoms with Gasteiger partial charge in [0.05, 0.1) is 0 Å². The summed E-state index contributed by atoms with van der Waals surface area (Å²) in [4.78, 5) is 56.2. The molecule has 0 spiro atoms. The number of fused-ring (bicyclic) bond motifs is 1. The molecule has 0 aromatic heterocycles. The van der Waals surface area contributed by atoms with E-state index < -0.39 is 51.9 Å². The predicted molar refractivity (Wildman–Crippen MR) is 150 cm³/mol. The van der Waals surface area contributed by atoms with Crippen LogP contribution in [0.3, 0.4) is 0 Å². The lowest BCUT2D eigenvalue weighted by atomic mass is 9.95. The van der Waals surface area contributed by atoms with Crippen LogP contribution in [0.1, 0.15) is 31.0 Å². The van der Waals surface area contributed by atoms with Gasteiger partial charge in [-0.2, -0.15) is 0 Å². The van der Waals surface area contributed by atoms with Crippen LogP contribution in [0.2, 0.25) is 0 Å². The number of carboxylic acids is 1. The summed E-state index contributed by atoms with van der Waals surface area (Å²) in [7, 11) is 0. The van der Waals surface area contributed by atoms with Crippen molar-refractivity contribution in [2.75, 3.05) is 6.54 Å². The molecule has 2 fully saturated rings. The summed E-state index contributed by atoms with van der Waals surface area (Å²) in [6, 6.07) is 10.9. The van der Waals surface area contributed by atoms with Gasteiger partial charge in [0, 0.05) is 19.3 Å². The van der Waals surface area contributed by atoms with Crippen LogP contribution in [-0.2, 0) is 19.2 Å². The van der Waals surface area contributed by atoms with Crippen LogP contribution in [0.25, 0.3) is 0 Å². The molecule has 3 amide bonds. The van der Waals surface area contributed by atoms with Crippen molar-refractivity contribution in [2.24, 2.45) is 10.7 Å². The Balaban J connectivity index is 1.46. The number of benzene rings is 2. The number of carbonyl (C=O) groups excluding carboxylic acids is 3. The second-order valence-electron chi connectivity index (χ2n) is 9.33. The minimum atomic E-state index is -1.10. The van der Waals surface area contributed by atoms with Gasteiger partial charge in [-0.05, 0) is 63.4 Å². The molecule has 38 heavy (non-hydrogen) atoms. The zero-order valence-corrected chi connectivity index (χ0v) is 24.3. The number of nitrogens with two attached hydrogens (primary N) is 1. The molecular formula is C25H25Br2N5O5S. The fourth-order valence-electron chi connectivity index (χ4n) is 4.44. The van der Waals surface area contributed by atoms with Gasteiger partial charge < -0.3 is 26.4 Å². The summed E-state index contributed by atoms with van der Waals surface area (Å²) in [5, 5.41) is 14.5. The Labute approximate surface area is 240 Å². The van der Waals surface area contributed by atoms with E-state index in [0.29, 0.717) is 11.1 Å². The number of aliphatic imine (C=N–C) groups is 1. The van der Waals surface area contributed by atoms with Crippen LogP contribution < -0.4 is 16.4 Å². The topological polar surface area (TPSA) is 154 Å². The summed E-state index contributed by atoms with van der Waals surface area (Å²) >= 11 is 8.11. The number of thioether (sulfide) groups is 1. The van der Waals surface area contributed by atoms with E-state index in [2.05, 4.69) is 47.5 Å². The number of β-lactam (4-membered cyclic amide) rings is 1. The minimum absolute atomic E-state index is 0.156. The number of amidine groups is 1. The smallest absolute Gasteiger partial charge is 0.327 e. The van der Waals surface area contributed by atoms with Crippen LogP contribution in [0.4, 0.5) is 0 Å². The highest BCUT2D eigenvalue weighted by molar-refractivity contribution is 9.13. The summed E-state index contributed by atoms with van der Waals surface area (Å²) in [5.41, 5.74) is 7.18. The maximum absolute atomic E-state index is 13.3. The van der Waals surface area contributed by atoms with Gasteiger partial charge in [0.2, 0.25) is 17.7 Å². The third-order valence-corrected chi connectivity index (χ3v) is 9.73. The normalized spacial score (nSPS) is 22.7. The van der Waals surface area contributed by atoms with Gasteiger partial charge in [-0.25, -0.2) is 4.79 Å². The number of aliphatic carboxylic acids is 1. The number of carbonyl (C=O) groups is 4. The molecule has 13 heteroatoms. The number of hydrogen-bond donors (Lipinski definition) is 4. The number of nitrogens with zero attached hydrogens (tertiary/aromatic N) is 2. The maximum Gasteiger partial charge on any atom is 0.327 e. The number of amides is 3. The van der Waals surface area contributed by atoms with Crippen LogP contribution in [0.15, 0.2) is 62.5 Å². The Morgan fingerprint density at radius 1 is 1.16 bits per heavy atom. The van der Waals surface area contributed by atoms with Crippen LogP contribution >= 0.6 is 43.6 Å². The van der Waals surface area contributed by atoms with Gasteiger partial charge >= 0.3 is 5.97 Å². The van der Waals surface area contributed by atoms with E-state index in [1.807, 2.05) is 0 Å². The monoisotopic (exact) mass is 665 g/mol. The van der Waals surface area contributed by atoms with Crippen molar-refractivity contribution in [2.45, 2.75) is 42.1 Å². The molecule has 0 aliphatic carbocycles. The van der Waals surface area contributed by atoms with Crippen molar-refractivity contribution < 1.29 is 24.3 Å². The second kappa shape index (κ2) is 11.1. The molecule has 2 aromatic carbocycles. The van der Waals surface area contributed by atoms with Crippen molar-refractivity contribution in [3.8, 4) is 0 Å². The first-order valence-corrected chi connectivity index (χ1v) is 14.0. The average Bonchev–Trinajstić information content (AvgIpc) is 3.14. The first-order valence-electron chi connectivity index (χ1n) is 11.5. The quantitative estimate of drug-likeness (QED) is 0.192. The van der Waals surface area contributed by atoms with Gasteiger partial charge in [-0.3, -0.25) is 19.4 Å². The van der Waals surface area contributed by atoms with Crippen molar-refractivity contribution in [3.05, 3.63) is 68.6 Å². The van der Waals surface area contributed by atoms with E-state index >= 15 is 0 Å². The third-order valence-electron chi connectivity index (χ3n) is 6.28. The number of halogens is 2. The van der Waals surface area contributed by atoms with E-state index in [-0.39, 0.29) is 12.4 Å². The Kier molecular flexibility index (Phi) is 8.19. The standard InChI is InChI=1S/C25H25Br2N5O5S/c1-25(2)19(24(36)37)32-22(35)18(23(32)38-25)31-21(34)17(12-6-4-3-5-7-12)30-16(33)11-29-20(28)13-8-9-14(26)15(27)10-13/h3-10,17-19,23H,11H2,1-2H3,(H2,28,29)(H,30,33)(H,31,34)(H,36,37)/t17?,18?,19-,23+/m0/s1. The van der Waals surface area contributed by atoms with Crippen LogP contribution in [0, 0.1) is 0 Å². The lowest BCUT2D eigenvalue weighted by molar-refractivity contribution is -0.161. The Morgan fingerprint density at radius 3 is 2.47 bits per heavy atom. The van der Waals surface area contributed by atoms with Gasteiger partial charge in [0.25, 0.3) is 0 Å². The van der Waals surface area contributed by atoms with E-state index in [0.717, 1.165) is 8.95 Å². The van der Waals surface area contributed by atoms with Crippen LogP contribution in [0.5, 0.6) is 0 Å². The zero-order valence-electron chi connectivity index (χ0n) is 20.4. The SMILES string of the molecule is CC1(C)S[C@@H]2C(NC(=O)C(NC(=O)CN=C(N)c3ccc(Br)c(Br)c3)c3ccccc3)C(=O)N2[C@H]1C(=O)O. The molecular weight excluding hydrogens is 642 g/mol. The molecule has 0 saturated carbocycles. The summed E-state index contributed by atoms with van der Waals surface area (Å²) in [6.07, 6.45) is 0. The molecule has 0 radical (unpaired) electrons. The van der Waals surface area contributed by atoms with Gasteiger partial charge in [0.15, 0.2) is 0 Å². The average molecular weight is 667 g/mol. The van der Waals surface area contributed by atoms with Gasteiger partial charge in [0.1, 0.15) is 35.9 Å². The molecule has 2 aliphatic rings. The first-order chi connectivity index (χ1) is 17.9. The number of carboxylic acid groups (broad SMARTS) is 1. The Hall–Kier alpha value is -2.90. The molecule has 4 rings (SSSR count). The molecule has 10 nitrogen and oxygen atoms in total. The number of hydrogen-bond acceptors (Lipinski definition) is 6. The number of rotatable bonds is 8. The summed E-state index contributed by atoms with van der Waals surface area (Å²) < 4.78 is 0.900. The molecule has 2 saturated heterocycles. The fourth-order valence-corrected chi connectivity index (χ4v) is 6.69. The molecule has 2 heterocycles. The van der Waals surface area contributed by atoms with Gasteiger partial charge in [-0.15, -0.1) is 11.8 Å². The van der Waals surface area contributed by atoms with E-state index in [9.17, 15) is 24.3 Å². The Morgan fingerprint density at radius 2 is 1.84 bits per heavy atom. The van der Waals surface area contributed by atoms with Crippen molar-refractivity contribution in [1.82, 2.24) is 15.5 Å². The molecule has 2 unspecified atom stereocenters. The minimum Gasteiger partial charge on any atom is -0.480 e. The molecule has 2 aliphatic heterocycles. The highest BCUT2D eigenvalue weighted by Crippen LogP contribution is 2.50. The van der Waals surface area contributed by atoms with Crippen molar-refractivity contribution in [1.29, 1.82) is 0 Å². The second-order valence-corrected chi connectivity index (χ2v) is 12.8. The highest BCUT2D eigenvalue weighted by Gasteiger charge is 2.64. The van der Waals surface area contributed by atoms with Crippen LogP contribution in [-0.4, -0.2) is 68.3 Å². The van der Waals surface area contributed by atoms with E-state index in [1.165, 1.54) is 16.7 Å². The molecule has 5 N–H and O–H groups in total. The zero-order chi connectivity index (χ0) is 27.8. The molecule has 4 atom stereocenters. The largest absolute Gasteiger partial charge is 0.480 e. The van der Waals surface area contributed by atoms with E-state index in [4.69, 9.17) is 5.73 Å². The molecule has 200 valence electrons. The number of nitrogens with one attached hydrogen (secondary N) is 2.